The standard InChI is InChI=1S/C33H39F2N5O3/c34-29-9-7-27(23-30(29)35)38-33(42)37-26-8-10-31(40-15-11-25(12-16-40)21-24-5-2-1-3-6-24)28(22-26)32(41)36-13-4-14-39-17-19-43-20-18-39/h1-3,5-10,22-23,25H,4,11-21H2,(H,36,41)(H2,37,38,42). The predicted molar refractivity (Wildman–Crippen MR) is 165 cm³/mol. The second kappa shape index (κ2) is 14.9. The van der Waals surface area contributed by atoms with Gasteiger partial charge in [0, 0.05) is 55.9 Å². The molecule has 2 aliphatic rings. The SMILES string of the molecule is O=C(Nc1ccc(F)c(F)c1)Nc1ccc(N2CCC(Cc3ccccc3)CC2)c(C(=O)NCCCN2CCOCC2)c1. The maximum Gasteiger partial charge on any atom is 0.323 e. The van der Waals surface area contributed by atoms with E-state index in [1.807, 2.05) is 12.1 Å². The number of nitrogens with one attached hydrogen (secondary N) is 3. The van der Waals surface area contributed by atoms with Gasteiger partial charge < -0.3 is 25.6 Å². The van der Waals surface area contributed by atoms with Crippen molar-refractivity contribution >= 4 is 29.0 Å². The molecule has 43 heavy (non-hydrogen) atoms. The second-order valence-corrected chi connectivity index (χ2v) is 11.1. The largest absolute Gasteiger partial charge is 0.379 e. The number of rotatable bonds is 10. The van der Waals surface area contributed by atoms with Gasteiger partial charge in [-0.15, -0.1) is 0 Å². The summed E-state index contributed by atoms with van der Waals surface area (Å²) in [5.41, 5.74) is 3.19. The molecule has 2 aliphatic heterocycles. The highest BCUT2D eigenvalue weighted by molar-refractivity contribution is 6.04. The normalized spacial score (nSPS) is 16.1. The Hall–Kier alpha value is -4.02. The number of hydrogen-bond donors (Lipinski definition) is 3. The highest BCUT2D eigenvalue weighted by Gasteiger charge is 2.24. The van der Waals surface area contributed by atoms with Crippen molar-refractivity contribution < 1.29 is 23.1 Å². The van der Waals surface area contributed by atoms with Crippen molar-refractivity contribution in [2.75, 3.05) is 68.0 Å². The van der Waals surface area contributed by atoms with Crippen LogP contribution in [0.4, 0.5) is 30.6 Å². The van der Waals surface area contributed by atoms with Crippen molar-refractivity contribution in [3.63, 3.8) is 0 Å². The van der Waals surface area contributed by atoms with E-state index in [9.17, 15) is 18.4 Å². The lowest BCUT2D eigenvalue weighted by Crippen LogP contribution is -2.38. The molecule has 3 amide bonds. The van der Waals surface area contributed by atoms with Crippen LogP contribution in [0.2, 0.25) is 0 Å². The molecule has 0 spiro atoms. The maximum atomic E-state index is 13.6. The van der Waals surface area contributed by atoms with E-state index in [1.165, 1.54) is 11.6 Å². The second-order valence-electron chi connectivity index (χ2n) is 11.1. The van der Waals surface area contributed by atoms with E-state index < -0.39 is 17.7 Å². The lowest BCUT2D eigenvalue weighted by atomic mass is 9.89. The van der Waals surface area contributed by atoms with Gasteiger partial charge in [0.1, 0.15) is 0 Å². The number of benzene rings is 3. The van der Waals surface area contributed by atoms with Crippen molar-refractivity contribution in [2.24, 2.45) is 5.92 Å². The minimum atomic E-state index is -1.05. The number of piperidine rings is 1. The molecule has 0 unspecified atom stereocenters. The van der Waals surface area contributed by atoms with Crippen molar-refractivity contribution in [3.8, 4) is 0 Å². The van der Waals surface area contributed by atoms with Crippen LogP contribution in [0.15, 0.2) is 66.7 Å². The van der Waals surface area contributed by atoms with Crippen LogP contribution in [0.3, 0.4) is 0 Å². The first-order valence-corrected chi connectivity index (χ1v) is 15.0. The summed E-state index contributed by atoms with van der Waals surface area (Å²) in [6.45, 7) is 6.36. The lowest BCUT2D eigenvalue weighted by molar-refractivity contribution is 0.0374. The number of morpholine rings is 1. The van der Waals surface area contributed by atoms with Crippen molar-refractivity contribution in [3.05, 3.63) is 89.5 Å². The molecule has 0 radical (unpaired) electrons. The van der Waals surface area contributed by atoms with E-state index >= 15 is 0 Å². The molecule has 3 aromatic rings. The van der Waals surface area contributed by atoms with Gasteiger partial charge in [0.15, 0.2) is 11.6 Å². The first-order valence-electron chi connectivity index (χ1n) is 15.0. The van der Waals surface area contributed by atoms with Crippen molar-refractivity contribution in [1.29, 1.82) is 0 Å². The van der Waals surface area contributed by atoms with Crippen LogP contribution < -0.4 is 20.9 Å². The quantitative estimate of drug-likeness (QED) is 0.271. The Balaban J connectivity index is 1.24. The van der Waals surface area contributed by atoms with Crippen molar-refractivity contribution in [2.45, 2.75) is 25.7 Å². The fourth-order valence-corrected chi connectivity index (χ4v) is 5.69. The Morgan fingerprint density at radius 2 is 1.53 bits per heavy atom. The van der Waals surface area contributed by atoms with Gasteiger partial charge in [-0.25, -0.2) is 13.6 Å². The molecule has 3 N–H and O–H groups in total. The third kappa shape index (κ3) is 8.75. The summed E-state index contributed by atoms with van der Waals surface area (Å²) in [7, 11) is 0. The molecule has 0 bridgehead atoms. The van der Waals surface area contributed by atoms with E-state index in [0.29, 0.717) is 23.7 Å². The van der Waals surface area contributed by atoms with Crippen LogP contribution in [0, 0.1) is 17.6 Å². The Morgan fingerprint density at radius 3 is 2.26 bits per heavy atom. The van der Waals surface area contributed by atoms with Gasteiger partial charge in [-0.2, -0.15) is 0 Å². The molecule has 0 saturated carbocycles. The Morgan fingerprint density at radius 1 is 0.837 bits per heavy atom. The van der Waals surface area contributed by atoms with Gasteiger partial charge in [-0.1, -0.05) is 30.3 Å². The number of carbonyl (C=O) groups excluding carboxylic acids is 2. The summed E-state index contributed by atoms with van der Waals surface area (Å²) in [6, 6.07) is 18.3. The molecule has 5 rings (SSSR count). The summed E-state index contributed by atoms with van der Waals surface area (Å²) in [4.78, 5) is 30.7. The summed E-state index contributed by atoms with van der Waals surface area (Å²) >= 11 is 0. The smallest absolute Gasteiger partial charge is 0.323 e. The molecule has 228 valence electrons. The van der Waals surface area contributed by atoms with E-state index in [2.05, 4.69) is 50.0 Å². The molecular formula is C33H39F2N5O3. The van der Waals surface area contributed by atoms with Gasteiger partial charge in [0.05, 0.1) is 18.8 Å². The molecule has 0 aliphatic carbocycles. The fourth-order valence-electron chi connectivity index (χ4n) is 5.69. The minimum Gasteiger partial charge on any atom is -0.379 e. The van der Waals surface area contributed by atoms with Crippen LogP contribution >= 0.6 is 0 Å². The van der Waals surface area contributed by atoms with E-state index in [-0.39, 0.29) is 11.6 Å². The Labute approximate surface area is 251 Å². The molecule has 0 atom stereocenters. The molecule has 0 aromatic heterocycles. The van der Waals surface area contributed by atoms with Crippen LogP contribution in [0.5, 0.6) is 0 Å². The summed E-state index contributed by atoms with van der Waals surface area (Å²) in [5, 5.41) is 8.28. The van der Waals surface area contributed by atoms with Crippen molar-refractivity contribution in [1.82, 2.24) is 10.2 Å². The van der Waals surface area contributed by atoms with E-state index in [1.54, 1.807) is 12.1 Å². The van der Waals surface area contributed by atoms with Gasteiger partial charge in [0.25, 0.3) is 5.91 Å². The summed E-state index contributed by atoms with van der Waals surface area (Å²) in [6.07, 6.45) is 3.90. The number of amides is 3. The maximum absolute atomic E-state index is 13.6. The van der Waals surface area contributed by atoms with E-state index in [0.717, 1.165) is 89.4 Å². The number of nitrogens with zero attached hydrogens (tertiary/aromatic N) is 2. The first kappa shape index (κ1) is 30.4. The molecule has 10 heteroatoms. The van der Waals surface area contributed by atoms with Crippen LogP contribution in [-0.4, -0.2) is 69.3 Å². The average molecular weight is 592 g/mol. The highest BCUT2D eigenvalue weighted by atomic mass is 19.2. The van der Waals surface area contributed by atoms with E-state index in [4.69, 9.17) is 4.74 Å². The summed E-state index contributed by atoms with van der Waals surface area (Å²) in [5.74, 6) is -1.67. The number of anilines is 3. The zero-order valence-electron chi connectivity index (χ0n) is 24.3. The molecule has 8 nitrogen and oxygen atoms in total. The van der Waals surface area contributed by atoms with Gasteiger partial charge in [-0.05, 0) is 74.0 Å². The average Bonchev–Trinajstić information content (AvgIpc) is 3.02. The molecule has 2 saturated heterocycles. The zero-order valence-corrected chi connectivity index (χ0v) is 24.3. The van der Waals surface area contributed by atoms with Crippen LogP contribution in [0.1, 0.15) is 35.2 Å². The Bertz CT molecular complexity index is 1380. The summed E-state index contributed by atoms with van der Waals surface area (Å²) < 4.78 is 32.3. The van der Waals surface area contributed by atoms with Gasteiger partial charge >= 0.3 is 6.03 Å². The third-order valence-corrected chi connectivity index (χ3v) is 8.04. The number of hydrogen-bond acceptors (Lipinski definition) is 5. The molecular weight excluding hydrogens is 552 g/mol. The number of carbonyl (C=O) groups is 2. The molecule has 2 heterocycles. The number of urea groups is 1. The topological polar surface area (TPSA) is 85.9 Å². The fraction of sp³-hybridized carbons (Fsp3) is 0.394. The van der Waals surface area contributed by atoms with Crippen LogP contribution in [-0.2, 0) is 11.2 Å². The monoisotopic (exact) mass is 591 g/mol. The predicted octanol–water partition coefficient (Wildman–Crippen LogP) is 5.52. The lowest BCUT2D eigenvalue weighted by Gasteiger charge is -2.35. The van der Waals surface area contributed by atoms with Gasteiger partial charge in [0.2, 0.25) is 0 Å². The third-order valence-electron chi connectivity index (χ3n) is 8.04. The first-order chi connectivity index (χ1) is 20.9. The highest BCUT2D eigenvalue weighted by Crippen LogP contribution is 2.30. The minimum absolute atomic E-state index is 0.115. The zero-order chi connectivity index (χ0) is 30.0. The number of ether oxygens (including phenoxy) is 1. The van der Waals surface area contributed by atoms with Crippen LogP contribution in [0.25, 0.3) is 0 Å². The molecule has 3 aromatic carbocycles. The Kier molecular flexibility index (Phi) is 10.6. The number of halogens is 2. The van der Waals surface area contributed by atoms with Gasteiger partial charge in [-0.3, -0.25) is 9.69 Å². The molecule has 2 fully saturated rings.